The van der Waals surface area contributed by atoms with Crippen LogP contribution >= 0.6 is 0 Å². The smallest absolute Gasteiger partial charge is 0.417 e. The van der Waals surface area contributed by atoms with Gasteiger partial charge >= 0.3 is 6.09 Å². The predicted molar refractivity (Wildman–Crippen MR) is 91.2 cm³/mol. The quantitative estimate of drug-likeness (QED) is 0.795. The Morgan fingerprint density at radius 3 is 2.81 bits per heavy atom. The van der Waals surface area contributed by atoms with E-state index in [-0.39, 0.29) is 29.5 Å². The molecule has 3 heterocycles. The Labute approximate surface area is 149 Å². The molecule has 1 saturated heterocycles. The Morgan fingerprint density at radius 1 is 1.42 bits per heavy atom. The number of carbonyl (C=O) groups is 2. The number of aromatic nitrogens is 3. The van der Waals surface area contributed by atoms with Gasteiger partial charge in [0.2, 0.25) is 11.9 Å². The van der Waals surface area contributed by atoms with Crippen molar-refractivity contribution in [3.05, 3.63) is 30.0 Å². The standard InChI is InChI=1S/C17H20FN5O3/c1-17(2,3)26-16(25)23-11(5-7-13(23)24)10-8-20-15(21-10)9-4-6-12(19)22-14(9)18/h4,6,8,11H,5,7H2,1-3H3,(H2,19,22)(H,20,21)/t11-/m0/s1. The van der Waals surface area contributed by atoms with Crippen LogP contribution in [0.1, 0.15) is 45.3 Å². The second kappa shape index (κ2) is 6.40. The summed E-state index contributed by atoms with van der Waals surface area (Å²) in [5, 5.41) is 0. The van der Waals surface area contributed by atoms with E-state index >= 15 is 0 Å². The number of ether oxygens (including phenoxy) is 1. The number of nitrogens with zero attached hydrogens (tertiary/aromatic N) is 3. The molecule has 8 nitrogen and oxygen atoms in total. The predicted octanol–water partition coefficient (Wildman–Crippen LogP) is 2.79. The van der Waals surface area contributed by atoms with Gasteiger partial charge in [-0.25, -0.2) is 19.7 Å². The van der Waals surface area contributed by atoms with Crippen molar-refractivity contribution in [2.75, 3.05) is 5.73 Å². The van der Waals surface area contributed by atoms with Gasteiger partial charge in [0.15, 0.2) is 0 Å². The molecule has 26 heavy (non-hydrogen) atoms. The topological polar surface area (TPSA) is 114 Å². The third kappa shape index (κ3) is 3.51. The van der Waals surface area contributed by atoms with Gasteiger partial charge in [-0.3, -0.25) is 4.79 Å². The molecule has 2 amide bonds. The minimum Gasteiger partial charge on any atom is -0.443 e. The van der Waals surface area contributed by atoms with Crippen molar-refractivity contribution in [1.29, 1.82) is 0 Å². The minimum atomic E-state index is -0.752. The summed E-state index contributed by atoms with van der Waals surface area (Å²) < 4.78 is 19.3. The molecule has 2 aromatic rings. The van der Waals surface area contributed by atoms with Crippen LogP contribution in [0, 0.1) is 5.95 Å². The number of nitrogen functional groups attached to an aromatic ring is 1. The van der Waals surface area contributed by atoms with Crippen LogP contribution in [0.3, 0.4) is 0 Å². The van der Waals surface area contributed by atoms with E-state index in [0.717, 1.165) is 4.90 Å². The molecule has 0 saturated carbocycles. The Kier molecular flexibility index (Phi) is 4.39. The van der Waals surface area contributed by atoms with Crippen molar-refractivity contribution in [3.8, 4) is 11.4 Å². The van der Waals surface area contributed by atoms with Crippen LogP contribution in [0.15, 0.2) is 18.3 Å². The number of likely N-dealkylation sites (tertiary alicyclic amines) is 1. The summed E-state index contributed by atoms with van der Waals surface area (Å²) in [6.45, 7) is 5.18. The second-order valence-corrected chi connectivity index (χ2v) is 7.06. The normalized spacial score (nSPS) is 17.6. The van der Waals surface area contributed by atoms with Gasteiger partial charge in [-0.1, -0.05) is 0 Å². The lowest BCUT2D eigenvalue weighted by molar-refractivity contribution is -0.128. The van der Waals surface area contributed by atoms with Crippen LogP contribution in [-0.2, 0) is 9.53 Å². The molecule has 1 atom stereocenters. The highest BCUT2D eigenvalue weighted by molar-refractivity contribution is 5.94. The molecule has 3 N–H and O–H groups in total. The number of anilines is 1. The fourth-order valence-corrected chi connectivity index (χ4v) is 2.78. The fourth-order valence-electron chi connectivity index (χ4n) is 2.78. The number of nitrogens with two attached hydrogens (primary N) is 1. The van der Waals surface area contributed by atoms with E-state index in [1.54, 1.807) is 20.8 Å². The van der Waals surface area contributed by atoms with Crippen LogP contribution in [-0.4, -0.2) is 37.5 Å². The van der Waals surface area contributed by atoms with Crippen molar-refractivity contribution in [2.24, 2.45) is 0 Å². The molecule has 138 valence electrons. The Hall–Kier alpha value is -2.97. The average Bonchev–Trinajstić information content (AvgIpc) is 3.12. The number of imide groups is 1. The average molecular weight is 361 g/mol. The Morgan fingerprint density at radius 2 is 2.15 bits per heavy atom. The van der Waals surface area contributed by atoms with Crippen molar-refractivity contribution in [3.63, 3.8) is 0 Å². The molecule has 0 radical (unpaired) electrons. The van der Waals surface area contributed by atoms with Gasteiger partial charge in [0.25, 0.3) is 0 Å². The third-order valence-electron chi connectivity index (χ3n) is 3.88. The molecule has 1 aliphatic rings. The van der Waals surface area contributed by atoms with Gasteiger partial charge in [-0.2, -0.15) is 4.39 Å². The van der Waals surface area contributed by atoms with Crippen LogP contribution in [0.2, 0.25) is 0 Å². The highest BCUT2D eigenvalue weighted by atomic mass is 19.1. The number of carbonyl (C=O) groups excluding carboxylic acids is 2. The summed E-state index contributed by atoms with van der Waals surface area (Å²) in [6, 6.07) is 2.39. The number of hydrogen-bond acceptors (Lipinski definition) is 6. The molecule has 1 aliphatic heterocycles. The third-order valence-corrected chi connectivity index (χ3v) is 3.88. The summed E-state index contributed by atoms with van der Waals surface area (Å²) in [7, 11) is 0. The molecule has 1 fully saturated rings. The SMILES string of the molecule is CC(C)(C)OC(=O)N1C(=O)CC[C@H]1c1cnc(-c2ccc(N)nc2F)[nH]1. The molecule has 0 spiro atoms. The highest BCUT2D eigenvalue weighted by Crippen LogP contribution is 2.34. The molecular formula is C17H20FN5O3. The van der Waals surface area contributed by atoms with E-state index in [9.17, 15) is 14.0 Å². The number of H-pyrrole nitrogens is 1. The lowest BCUT2D eigenvalue weighted by atomic mass is 10.1. The number of aromatic amines is 1. The van der Waals surface area contributed by atoms with Gasteiger partial charge < -0.3 is 15.5 Å². The van der Waals surface area contributed by atoms with E-state index in [2.05, 4.69) is 15.0 Å². The zero-order valence-electron chi connectivity index (χ0n) is 14.7. The number of pyridine rings is 1. The van der Waals surface area contributed by atoms with Crippen molar-refractivity contribution in [2.45, 2.75) is 45.3 Å². The molecule has 0 aromatic carbocycles. The number of imidazole rings is 1. The number of amides is 2. The number of rotatable bonds is 2. The molecule has 0 aliphatic carbocycles. The van der Waals surface area contributed by atoms with E-state index < -0.39 is 23.7 Å². The molecule has 9 heteroatoms. The Bertz CT molecular complexity index is 858. The molecular weight excluding hydrogens is 341 g/mol. The van der Waals surface area contributed by atoms with Crippen molar-refractivity contribution < 1.29 is 18.7 Å². The number of nitrogens with one attached hydrogen (secondary N) is 1. The van der Waals surface area contributed by atoms with E-state index in [0.29, 0.717) is 12.1 Å². The van der Waals surface area contributed by atoms with Gasteiger partial charge in [-0.15, -0.1) is 0 Å². The first-order valence-electron chi connectivity index (χ1n) is 8.18. The molecule has 2 aromatic heterocycles. The molecule has 0 unspecified atom stereocenters. The fraction of sp³-hybridized carbons (Fsp3) is 0.412. The van der Waals surface area contributed by atoms with E-state index in [1.807, 2.05) is 0 Å². The van der Waals surface area contributed by atoms with Crippen LogP contribution in [0.25, 0.3) is 11.4 Å². The zero-order chi connectivity index (χ0) is 19.1. The minimum absolute atomic E-state index is 0.0653. The van der Waals surface area contributed by atoms with Gasteiger partial charge in [0.05, 0.1) is 23.5 Å². The summed E-state index contributed by atoms with van der Waals surface area (Å²) in [5.74, 6) is -0.762. The number of halogens is 1. The first-order chi connectivity index (χ1) is 12.2. The summed E-state index contributed by atoms with van der Waals surface area (Å²) in [6.07, 6.45) is 1.42. The lowest BCUT2D eigenvalue weighted by Gasteiger charge is -2.26. The maximum absolute atomic E-state index is 14.0. The van der Waals surface area contributed by atoms with Crippen LogP contribution < -0.4 is 5.73 Å². The summed E-state index contributed by atoms with van der Waals surface area (Å²) in [5.41, 5.74) is 5.40. The second-order valence-electron chi connectivity index (χ2n) is 7.06. The van der Waals surface area contributed by atoms with Gasteiger partial charge in [0, 0.05) is 6.42 Å². The van der Waals surface area contributed by atoms with Gasteiger partial charge in [0.1, 0.15) is 17.2 Å². The molecule has 0 bridgehead atoms. The summed E-state index contributed by atoms with van der Waals surface area (Å²) in [4.78, 5) is 36.3. The highest BCUT2D eigenvalue weighted by Gasteiger charge is 2.40. The largest absolute Gasteiger partial charge is 0.443 e. The van der Waals surface area contributed by atoms with Gasteiger partial charge in [-0.05, 0) is 39.3 Å². The van der Waals surface area contributed by atoms with E-state index in [4.69, 9.17) is 10.5 Å². The maximum atomic E-state index is 14.0. The van der Waals surface area contributed by atoms with Crippen LogP contribution in [0.5, 0.6) is 0 Å². The summed E-state index contributed by atoms with van der Waals surface area (Å²) >= 11 is 0. The van der Waals surface area contributed by atoms with Crippen molar-refractivity contribution in [1.82, 2.24) is 19.9 Å². The zero-order valence-corrected chi connectivity index (χ0v) is 14.7. The van der Waals surface area contributed by atoms with Crippen molar-refractivity contribution >= 4 is 17.8 Å². The lowest BCUT2D eigenvalue weighted by Crippen LogP contribution is -2.39. The Balaban J connectivity index is 1.87. The van der Waals surface area contributed by atoms with Crippen LogP contribution in [0.4, 0.5) is 15.0 Å². The van der Waals surface area contributed by atoms with E-state index in [1.165, 1.54) is 18.3 Å². The molecule has 3 rings (SSSR count). The monoisotopic (exact) mass is 361 g/mol. The first-order valence-corrected chi connectivity index (χ1v) is 8.18. The number of hydrogen-bond donors (Lipinski definition) is 2. The first kappa shape index (κ1) is 17.8. The maximum Gasteiger partial charge on any atom is 0.417 e.